The second-order valence-electron chi connectivity index (χ2n) is 7.11. The van der Waals surface area contributed by atoms with Crippen LogP contribution in [0.5, 0.6) is 0 Å². The van der Waals surface area contributed by atoms with Crippen LogP contribution < -0.4 is 0 Å². The molecule has 5 rings (SSSR count). The van der Waals surface area contributed by atoms with E-state index < -0.39 is 10.0 Å². The molecule has 162 valence electrons. The molecule has 0 saturated carbocycles. The van der Waals surface area contributed by atoms with Gasteiger partial charge in [-0.2, -0.15) is 12.8 Å². The molecule has 0 radical (unpaired) electrons. The first-order chi connectivity index (χ1) is 16.0. The zero-order valence-corrected chi connectivity index (χ0v) is 18.7. The molecule has 0 amide bonds. The maximum atomic E-state index is 13.1. The summed E-state index contributed by atoms with van der Waals surface area (Å²) in [7, 11) is -4.02. The van der Waals surface area contributed by atoms with Crippen molar-refractivity contribution >= 4 is 33.3 Å². The fraction of sp³-hybridized carbons (Fsp3) is 0. The lowest BCUT2D eigenvalue weighted by molar-refractivity contribution is 0.104. The molecule has 7 nitrogen and oxygen atoms in total. The minimum Gasteiger partial charge on any atom is -0.288 e. The first kappa shape index (κ1) is 21.0. The van der Waals surface area contributed by atoms with Crippen LogP contribution in [0, 0.1) is 0 Å². The number of ketones is 1. The molecule has 0 atom stereocenters. The highest BCUT2D eigenvalue weighted by Crippen LogP contribution is 2.32. The molecular weight excluding hydrogens is 456 g/mol. The lowest BCUT2D eigenvalue weighted by Gasteiger charge is -2.16. The van der Waals surface area contributed by atoms with Crippen molar-refractivity contribution in [2.75, 3.05) is 0 Å². The van der Waals surface area contributed by atoms with Crippen molar-refractivity contribution in [2.45, 2.75) is 10.1 Å². The number of hydrogen-bond donors (Lipinski definition) is 1. The number of nitrogens with one attached hydrogen (secondary N) is 1. The largest absolute Gasteiger partial charge is 0.288 e. The first-order valence-electron chi connectivity index (χ1n) is 9.91. The summed E-state index contributed by atoms with van der Waals surface area (Å²) in [6.07, 6.45) is 2.88. The molecule has 1 aliphatic rings. The SMILES string of the molecule is O=C1C(Sc2nc[nH]n2)=C/C(=N/S(=O)(=O)c2ccc(-c3ccccc3)cc2)c2ccccc21. The predicted octanol–water partition coefficient (Wildman–Crippen LogP) is 4.52. The van der Waals surface area contributed by atoms with E-state index in [1.54, 1.807) is 36.4 Å². The van der Waals surface area contributed by atoms with E-state index in [0.717, 1.165) is 22.9 Å². The van der Waals surface area contributed by atoms with Gasteiger partial charge < -0.3 is 0 Å². The Labute approximate surface area is 194 Å². The Morgan fingerprint density at radius 1 is 0.818 bits per heavy atom. The molecular formula is C24H16N4O3S2. The van der Waals surface area contributed by atoms with Gasteiger partial charge in [-0.3, -0.25) is 9.89 Å². The van der Waals surface area contributed by atoms with Gasteiger partial charge in [-0.25, -0.2) is 4.98 Å². The Bertz CT molecular complexity index is 1490. The molecule has 0 bridgehead atoms. The number of thioether (sulfide) groups is 1. The number of carbonyl (C=O) groups is 1. The van der Waals surface area contributed by atoms with Gasteiger partial charge in [-0.15, -0.1) is 5.10 Å². The van der Waals surface area contributed by atoms with Crippen LogP contribution in [0.25, 0.3) is 11.1 Å². The number of Topliss-reactive ketones (excluding diaryl/α,β-unsaturated/α-hetero) is 1. The fourth-order valence-corrected chi connectivity index (χ4v) is 5.20. The van der Waals surface area contributed by atoms with Gasteiger partial charge in [0, 0.05) is 11.1 Å². The molecule has 9 heteroatoms. The van der Waals surface area contributed by atoms with Gasteiger partial charge >= 0.3 is 0 Å². The van der Waals surface area contributed by atoms with E-state index in [4.69, 9.17) is 0 Å². The molecule has 0 unspecified atom stereocenters. The first-order valence-corrected chi connectivity index (χ1v) is 12.2. The summed E-state index contributed by atoms with van der Waals surface area (Å²) in [4.78, 5) is 17.3. The van der Waals surface area contributed by atoms with E-state index in [1.165, 1.54) is 24.5 Å². The number of H-pyrrole nitrogens is 1. The summed E-state index contributed by atoms with van der Waals surface area (Å²) in [5.41, 5.74) is 2.93. The highest BCUT2D eigenvalue weighted by molar-refractivity contribution is 8.04. The standard InChI is InChI=1S/C24H16N4O3S2/c29-23-20-9-5-4-8-19(20)21(14-22(23)32-24-25-15-26-27-24)28-33(30,31)18-12-10-17(11-13-18)16-6-2-1-3-7-16/h1-15H,(H,25,26,27)/b28-21-. The highest BCUT2D eigenvalue weighted by atomic mass is 32.2. The summed E-state index contributed by atoms with van der Waals surface area (Å²) in [5.74, 6) is -0.232. The highest BCUT2D eigenvalue weighted by Gasteiger charge is 2.27. The molecule has 0 spiro atoms. The summed E-state index contributed by atoms with van der Waals surface area (Å²) in [6, 6.07) is 23.1. The van der Waals surface area contributed by atoms with E-state index in [1.807, 2.05) is 30.3 Å². The topological polar surface area (TPSA) is 105 Å². The smallest absolute Gasteiger partial charge is 0.282 e. The molecule has 3 aromatic carbocycles. The minimum atomic E-state index is -4.02. The van der Waals surface area contributed by atoms with E-state index in [-0.39, 0.29) is 16.4 Å². The lowest BCUT2D eigenvalue weighted by Crippen LogP contribution is -2.17. The number of nitrogens with zero attached hydrogens (tertiary/aromatic N) is 3. The third-order valence-electron chi connectivity index (χ3n) is 5.01. The summed E-state index contributed by atoms with van der Waals surface area (Å²) < 4.78 is 30.3. The predicted molar refractivity (Wildman–Crippen MR) is 127 cm³/mol. The number of benzene rings is 3. The quantitative estimate of drug-likeness (QED) is 0.458. The summed E-state index contributed by atoms with van der Waals surface area (Å²) in [5, 5.41) is 6.91. The van der Waals surface area contributed by atoms with Crippen LogP contribution in [0.1, 0.15) is 15.9 Å². The van der Waals surface area contributed by atoms with Crippen molar-refractivity contribution in [1.82, 2.24) is 15.2 Å². The van der Waals surface area contributed by atoms with Gasteiger partial charge in [0.15, 0.2) is 0 Å². The zero-order valence-electron chi connectivity index (χ0n) is 17.0. The summed E-state index contributed by atoms with van der Waals surface area (Å²) in [6.45, 7) is 0. The Morgan fingerprint density at radius 2 is 1.48 bits per heavy atom. The Kier molecular flexibility index (Phi) is 5.49. The van der Waals surface area contributed by atoms with Crippen LogP contribution in [-0.2, 0) is 10.0 Å². The molecule has 4 aromatic rings. The molecule has 1 aliphatic carbocycles. The van der Waals surface area contributed by atoms with Crippen LogP contribution in [-0.4, -0.2) is 35.1 Å². The maximum absolute atomic E-state index is 13.1. The number of aromatic nitrogens is 3. The van der Waals surface area contributed by atoms with Gasteiger partial charge in [0.2, 0.25) is 10.9 Å². The number of sulfonamides is 1. The summed E-state index contributed by atoms with van der Waals surface area (Å²) >= 11 is 1.05. The second-order valence-corrected chi connectivity index (χ2v) is 9.72. The lowest BCUT2D eigenvalue weighted by atomic mass is 9.94. The molecule has 1 aromatic heterocycles. The number of carbonyl (C=O) groups excluding carboxylic acids is 1. The van der Waals surface area contributed by atoms with Crippen molar-refractivity contribution in [3.63, 3.8) is 0 Å². The second kappa shape index (κ2) is 8.61. The van der Waals surface area contributed by atoms with Crippen molar-refractivity contribution in [3.05, 3.63) is 107 Å². The van der Waals surface area contributed by atoms with E-state index >= 15 is 0 Å². The zero-order chi connectivity index (χ0) is 22.8. The molecule has 0 aliphatic heterocycles. The number of fused-ring (bicyclic) bond motifs is 1. The van der Waals surface area contributed by atoms with Crippen LogP contribution in [0.3, 0.4) is 0 Å². The monoisotopic (exact) mass is 472 g/mol. The van der Waals surface area contributed by atoms with Crippen molar-refractivity contribution in [3.8, 4) is 11.1 Å². The fourth-order valence-electron chi connectivity index (χ4n) is 3.43. The van der Waals surface area contributed by atoms with E-state index in [9.17, 15) is 13.2 Å². The number of hydrogen-bond acceptors (Lipinski definition) is 6. The maximum Gasteiger partial charge on any atom is 0.282 e. The molecule has 0 fully saturated rings. The van der Waals surface area contributed by atoms with Crippen molar-refractivity contribution < 1.29 is 13.2 Å². The number of allylic oxidation sites excluding steroid dienone is 2. The average molecular weight is 473 g/mol. The van der Waals surface area contributed by atoms with Crippen LogP contribution >= 0.6 is 11.8 Å². The normalized spacial score (nSPS) is 14.7. The van der Waals surface area contributed by atoms with Crippen LogP contribution in [0.2, 0.25) is 0 Å². The van der Waals surface area contributed by atoms with Crippen LogP contribution in [0.15, 0.2) is 111 Å². The van der Waals surface area contributed by atoms with Crippen molar-refractivity contribution in [1.29, 1.82) is 0 Å². The Hall–Kier alpha value is -3.82. The Balaban J connectivity index is 1.54. The minimum absolute atomic E-state index is 0.0700. The van der Waals surface area contributed by atoms with E-state index in [2.05, 4.69) is 19.6 Å². The third-order valence-corrected chi connectivity index (χ3v) is 7.22. The molecule has 0 saturated heterocycles. The molecule has 1 N–H and O–H groups in total. The van der Waals surface area contributed by atoms with Gasteiger partial charge in [0.1, 0.15) is 6.33 Å². The number of rotatable bonds is 5. The van der Waals surface area contributed by atoms with Gasteiger partial charge in [-0.1, -0.05) is 66.7 Å². The average Bonchev–Trinajstić information content (AvgIpc) is 3.36. The molecule has 33 heavy (non-hydrogen) atoms. The van der Waals surface area contributed by atoms with Gasteiger partial charge in [0.05, 0.1) is 15.5 Å². The van der Waals surface area contributed by atoms with Gasteiger partial charge in [0.25, 0.3) is 10.0 Å². The number of aromatic amines is 1. The van der Waals surface area contributed by atoms with E-state index in [0.29, 0.717) is 21.2 Å². The van der Waals surface area contributed by atoms with Gasteiger partial charge in [-0.05, 0) is 41.1 Å². The Morgan fingerprint density at radius 3 is 2.18 bits per heavy atom. The van der Waals surface area contributed by atoms with Crippen LogP contribution in [0.4, 0.5) is 0 Å². The third kappa shape index (κ3) is 4.28. The molecule has 1 heterocycles. The van der Waals surface area contributed by atoms with Crippen molar-refractivity contribution in [2.24, 2.45) is 4.40 Å².